The topological polar surface area (TPSA) is 32.8 Å². The monoisotopic (exact) mass is 396 g/mol. The Labute approximate surface area is 171 Å². The summed E-state index contributed by atoms with van der Waals surface area (Å²) in [4.78, 5) is 17.9. The van der Waals surface area contributed by atoms with Crippen LogP contribution in [-0.2, 0) is 0 Å². The largest absolute Gasteiger partial charge is 0.457 e. The van der Waals surface area contributed by atoms with E-state index < -0.39 is 0 Å². The molecule has 2 aromatic carbocycles. The predicted octanol–water partition coefficient (Wildman–Crippen LogP) is 4.52. The molecule has 2 fully saturated rings. The first-order chi connectivity index (χ1) is 13.8. The van der Waals surface area contributed by atoms with Crippen molar-refractivity contribution in [2.45, 2.75) is 25.3 Å². The Kier molecular flexibility index (Phi) is 6.55. The smallest absolute Gasteiger partial charge is 0.254 e. The van der Waals surface area contributed by atoms with Gasteiger partial charge in [-0.3, -0.25) is 4.79 Å². The molecule has 0 aliphatic carbocycles. The molecule has 0 radical (unpaired) electrons. The second-order valence-corrected chi connectivity index (χ2v) is 8.68. The molecule has 2 aromatic rings. The number of nitrogens with zero attached hydrogens (tertiary/aromatic N) is 2. The molecular weight excluding hydrogens is 368 g/mol. The molecule has 1 amide bonds. The van der Waals surface area contributed by atoms with Gasteiger partial charge in [0.2, 0.25) is 0 Å². The third-order valence-corrected chi connectivity index (χ3v) is 6.65. The third-order valence-electron chi connectivity index (χ3n) is 5.45. The van der Waals surface area contributed by atoms with Gasteiger partial charge in [-0.05, 0) is 74.5 Å². The number of hydrogen-bond acceptors (Lipinski definition) is 4. The molecule has 2 aliphatic rings. The van der Waals surface area contributed by atoms with Crippen molar-refractivity contribution in [2.24, 2.45) is 0 Å². The summed E-state index contributed by atoms with van der Waals surface area (Å²) in [5.74, 6) is 3.89. The van der Waals surface area contributed by atoms with E-state index in [1.54, 1.807) is 0 Å². The molecule has 0 unspecified atom stereocenters. The van der Waals surface area contributed by atoms with E-state index in [0.29, 0.717) is 6.04 Å². The van der Waals surface area contributed by atoms with Crippen LogP contribution in [0.25, 0.3) is 0 Å². The molecule has 5 heteroatoms. The van der Waals surface area contributed by atoms with Crippen molar-refractivity contribution in [3.63, 3.8) is 0 Å². The number of hydrogen-bond donors (Lipinski definition) is 0. The Bertz CT molecular complexity index is 760. The van der Waals surface area contributed by atoms with Crippen LogP contribution in [0.15, 0.2) is 54.6 Å². The molecule has 28 heavy (non-hydrogen) atoms. The zero-order chi connectivity index (χ0) is 19.2. The molecule has 4 rings (SSSR count). The van der Waals surface area contributed by atoms with Crippen molar-refractivity contribution >= 4 is 17.7 Å². The first-order valence-electron chi connectivity index (χ1n) is 10.2. The van der Waals surface area contributed by atoms with Gasteiger partial charge in [0, 0.05) is 24.4 Å². The van der Waals surface area contributed by atoms with Gasteiger partial charge in [0.1, 0.15) is 11.5 Å². The quantitative estimate of drug-likeness (QED) is 0.744. The zero-order valence-corrected chi connectivity index (χ0v) is 17.1. The molecule has 0 saturated carbocycles. The Morgan fingerprint density at radius 3 is 2.39 bits per heavy atom. The number of carbonyl (C=O) groups is 1. The molecule has 0 spiro atoms. The fourth-order valence-electron chi connectivity index (χ4n) is 3.97. The number of para-hydroxylation sites is 1. The number of amides is 1. The van der Waals surface area contributed by atoms with Gasteiger partial charge in [-0.2, -0.15) is 11.8 Å². The molecule has 2 aliphatic heterocycles. The second kappa shape index (κ2) is 9.48. The van der Waals surface area contributed by atoms with Crippen molar-refractivity contribution in [1.82, 2.24) is 9.80 Å². The summed E-state index contributed by atoms with van der Waals surface area (Å²) in [7, 11) is 0. The fraction of sp³-hybridized carbons (Fsp3) is 0.435. The predicted molar refractivity (Wildman–Crippen MR) is 115 cm³/mol. The molecule has 2 saturated heterocycles. The Morgan fingerprint density at radius 2 is 1.64 bits per heavy atom. The van der Waals surface area contributed by atoms with E-state index in [0.717, 1.165) is 48.1 Å². The van der Waals surface area contributed by atoms with E-state index in [1.165, 1.54) is 25.9 Å². The number of ether oxygens (including phenoxy) is 1. The summed E-state index contributed by atoms with van der Waals surface area (Å²) in [6.07, 6.45) is 3.65. The Hall–Kier alpha value is -1.98. The van der Waals surface area contributed by atoms with Crippen LogP contribution < -0.4 is 4.74 Å². The zero-order valence-electron chi connectivity index (χ0n) is 16.3. The van der Waals surface area contributed by atoms with Gasteiger partial charge in [-0.15, -0.1) is 0 Å². The van der Waals surface area contributed by atoms with E-state index in [9.17, 15) is 4.79 Å². The molecule has 4 nitrogen and oxygen atoms in total. The first kappa shape index (κ1) is 19.3. The number of thioether (sulfide) groups is 1. The highest BCUT2D eigenvalue weighted by molar-refractivity contribution is 7.99. The summed E-state index contributed by atoms with van der Waals surface area (Å²) in [6.45, 7) is 4.21. The van der Waals surface area contributed by atoms with Gasteiger partial charge in [-0.25, -0.2) is 0 Å². The van der Waals surface area contributed by atoms with Crippen molar-refractivity contribution in [3.8, 4) is 11.5 Å². The van der Waals surface area contributed by atoms with Gasteiger partial charge in [-0.1, -0.05) is 18.2 Å². The lowest BCUT2D eigenvalue weighted by Gasteiger charge is -2.32. The lowest BCUT2D eigenvalue weighted by molar-refractivity contribution is 0.0666. The minimum atomic E-state index is 0.151. The van der Waals surface area contributed by atoms with Crippen LogP contribution in [0.4, 0.5) is 0 Å². The van der Waals surface area contributed by atoms with E-state index in [1.807, 2.05) is 66.4 Å². The van der Waals surface area contributed by atoms with Crippen LogP contribution in [0.2, 0.25) is 0 Å². The van der Waals surface area contributed by atoms with Gasteiger partial charge >= 0.3 is 0 Å². The molecule has 0 aromatic heterocycles. The highest BCUT2D eigenvalue weighted by Crippen LogP contribution is 2.24. The van der Waals surface area contributed by atoms with Crippen LogP contribution in [0.1, 0.15) is 29.6 Å². The average Bonchev–Trinajstić information content (AvgIpc) is 3.13. The van der Waals surface area contributed by atoms with Gasteiger partial charge in [0.15, 0.2) is 0 Å². The average molecular weight is 397 g/mol. The van der Waals surface area contributed by atoms with Crippen LogP contribution in [0.3, 0.4) is 0 Å². The summed E-state index contributed by atoms with van der Waals surface area (Å²) in [5.41, 5.74) is 0.749. The van der Waals surface area contributed by atoms with Gasteiger partial charge in [0.05, 0.1) is 6.04 Å². The van der Waals surface area contributed by atoms with E-state index in [-0.39, 0.29) is 5.91 Å². The second-order valence-electron chi connectivity index (χ2n) is 7.53. The third kappa shape index (κ3) is 4.89. The SMILES string of the molecule is O=C(c1ccc(Oc2ccccc2)cc1)N1CCCSC[C@@H]1CN1CCCC1. The number of benzene rings is 2. The Balaban J connectivity index is 1.44. The maximum absolute atomic E-state index is 13.3. The maximum Gasteiger partial charge on any atom is 0.254 e. The normalized spacial score (nSPS) is 20.7. The van der Waals surface area contributed by atoms with Crippen LogP contribution >= 0.6 is 11.8 Å². The van der Waals surface area contributed by atoms with Crippen molar-refractivity contribution in [3.05, 3.63) is 60.2 Å². The number of rotatable bonds is 5. The first-order valence-corrected chi connectivity index (χ1v) is 11.4. The highest BCUT2D eigenvalue weighted by atomic mass is 32.2. The lowest BCUT2D eigenvalue weighted by atomic mass is 10.1. The molecular formula is C23H28N2O2S. The molecule has 0 N–H and O–H groups in total. The van der Waals surface area contributed by atoms with Crippen LogP contribution in [0.5, 0.6) is 11.5 Å². The van der Waals surface area contributed by atoms with E-state index in [4.69, 9.17) is 4.74 Å². The van der Waals surface area contributed by atoms with Gasteiger partial charge in [0.25, 0.3) is 5.91 Å². The molecule has 0 bridgehead atoms. The molecule has 2 heterocycles. The molecule has 1 atom stereocenters. The summed E-state index contributed by atoms with van der Waals surface area (Å²) < 4.78 is 5.85. The highest BCUT2D eigenvalue weighted by Gasteiger charge is 2.29. The van der Waals surface area contributed by atoms with E-state index in [2.05, 4.69) is 9.80 Å². The van der Waals surface area contributed by atoms with Gasteiger partial charge < -0.3 is 14.5 Å². The lowest BCUT2D eigenvalue weighted by Crippen LogP contribution is -2.47. The summed E-state index contributed by atoms with van der Waals surface area (Å²) in [6, 6.07) is 17.6. The Morgan fingerprint density at radius 1 is 0.929 bits per heavy atom. The van der Waals surface area contributed by atoms with Crippen LogP contribution in [0, 0.1) is 0 Å². The van der Waals surface area contributed by atoms with Crippen LogP contribution in [-0.4, -0.2) is 59.4 Å². The van der Waals surface area contributed by atoms with Crippen molar-refractivity contribution in [2.75, 3.05) is 37.7 Å². The number of carbonyl (C=O) groups excluding carboxylic acids is 1. The van der Waals surface area contributed by atoms with E-state index >= 15 is 0 Å². The minimum Gasteiger partial charge on any atom is -0.457 e. The molecule has 148 valence electrons. The van der Waals surface area contributed by atoms with Crippen molar-refractivity contribution < 1.29 is 9.53 Å². The summed E-state index contributed by atoms with van der Waals surface area (Å²) in [5, 5.41) is 0. The van der Waals surface area contributed by atoms with Crippen molar-refractivity contribution in [1.29, 1.82) is 0 Å². The minimum absolute atomic E-state index is 0.151. The fourth-order valence-corrected chi connectivity index (χ4v) is 5.02. The standard InChI is InChI=1S/C23H28N2O2S/c26-23(19-9-11-22(12-10-19)27-21-7-2-1-3-8-21)25-15-6-16-28-18-20(25)17-24-13-4-5-14-24/h1-3,7-12,20H,4-6,13-18H2/t20-/m0/s1. The number of likely N-dealkylation sites (tertiary alicyclic amines) is 1. The maximum atomic E-state index is 13.3. The summed E-state index contributed by atoms with van der Waals surface area (Å²) >= 11 is 1.99.